The van der Waals surface area contributed by atoms with Gasteiger partial charge in [0.15, 0.2) is 11.5 Å². The number of hydrogen-bond donors (Lipinski definition) is 1. The van der Waals surface area contributed by atoms with Crippen LogP contribution in [0.15, 0.2) is 71.6 Å². The van der Waals surface area contributed by atoms with Crippen molar-refractivity contribution in [3.8, 4) is 11.5 Å². The summed E-state index contributed by atoms with van der Waals surface area (Å²) in [6.45, 7) is 7.75. The van der Waals surface area contributed by atoms with Crippen LogP contribution in [-0.4, -0.2) is 58.5 Å². The molecule has 0 aliphatic rings. The van der Waals surface area contributed by atoms with E-state index in [1.54, 1.807) is 24.3 Å². The van der Waals surface area contributed by atoms with Crippen molar-refractivity contribution in [1.82, 2.24) is 10.2 Å². The van der Waals surface area contributed by atoms with Gasteiger partial charge in [0.25, 0.3) is 10.0 Å². The molecule has 1 atom stereocenters. The highest BCUT2D eigenvalue weighted by atomic mass is 32.2. The Morgan fingerprint density at radius 2 is 1.57 bits per heavy atom. The number of aryl methyl sites for hydroxylation is 2. The van der Waals surface area contributed by atoms with E-state index < -0.39 is 28.5 Å². The number of nitrogens with one attached hydrogen (secondary N) is 1. The first-order valence-corrected chi connectivity index (χ1v) is 15.4. The van der Waals surface area contributed by atoms with E-state index in [1.807, 2.05) is 52.0 Å². The average Bonchev–Trinajstić information content (AvgIpc) is 2.99. The molecule has 0 saturated heterocycles. The highest BCUT2D eigenvalue weighted by Gasteiger charge is 2.34. The molecule has 1 N–H and O–H groups in total. The molecule has 42 heavy (non-hydrogen) atoms. The van der Waals surface area contributed by atoms with E-state index in [1.165, 1.54) is 37.3 Å². The van der Waals surface area contributed by atoms with Gasteiger partial charge in [0.05, 0.1) is 24.8 Å². The van der Waals surface area contributed by atoms with Crippen molar-refractivity contribution >= 4 is 27.5 Å². The number of rotatable bonds is 14. The van der Waals surface area contributed by atoms with Gasteiger partial charge in [-0.25, -0.2) is 8.42 Å². The van der Waals surface area contributed by atoms with Crippen molar-refractivity contribution in [3.05, 3.63) is 83.4 Å². The summed E-state index contributed by atoms with van der Waals surface area (Å²) in [5, 5.41) is 2.90. The smallest absolute Gasteiger partial charge is 0.264 e. The third-order valence-electron chi connectivity index (χ3n) is 7.08. The monoisotopic (exact) mass is 595 g/mol. The lowest BCUT2D eigenvalue weighted by molar-refractivity contribution is -0.140. The molecule has 0 saturated carbocycles. The predicted octanol–water partition coefficient (Wildman–Crippen LogP) is 4.85. The fourth-order valence-corrected chi connectivity index (χ4v) is 6.03. The molecule has 226 valence electrons. The van der Waals surface area contributed by atoms with E-state index in [9.17, 15) is 18.0 Å². The summed E-state index contributed by atoms with van der Waals surface area (Å²) in [7, 11) is -1.36. The highest BCUT2D eigenvalue weighted by molar-refractivity contribution is 7.92. The van der Waals surface area contributed by atoms with Gasteiger partial charge in [-0.1, -0.05) is 55.8 Å². The molecular formula is C32H41N3O6S. The summed E-state index contributed by atoms with van der Waals surface area (Å²) in [5.74, 6) is -0.149. The minimum absolute atomic E-state index is 0.0632. The van der Waals surface area contributed by atoms with E-state index in [2.05, 4.69) is 5.32 Å². The molecule has 0 aromatic heterocycles. The molecule has 1 unspecified atom stereocenters. The number of methoxy groups -OCH3 is 2. The van der Waals surface area contributed by atoms with Gasteiger partial charge in [-0.3, -0.25) is 13.9 Å². The van der Waals surface area contributed by atoms with Gasteiger partial charge in [0.1, 0.15) is 12.6 Å². The van der Waals surface area contributed by atoms with E-state index in [4.69, 9.17) is 9.47 Å². The number of carbonyl (C=O) groups is 2. The zero-order valence-electron chi connectivity index (χ0n) is 25.2. The van der Waals surface area contributed by atoms with Gasteiger partial charge in [0, 0.05) is 19.2 Å². The van der Waals surface area contributed by atoms with Gasteiger partial charge in [-0.05, 0) is 62.1 Å². The number of nitrogens with zero attached hydrogens (tertiary/aromatic N) is 2. The molecule has 2 amide bonds. The SMILES string of the molecule is CCCNC(=O)C(CC)N(Cc1ccccc1C)C(=O)CN(c1ccc(C)cc1)S(=O)(=O)c1ccc(OC)c(OC)c1. The zero-order chi connectivity index (χ0) is 30.9. The minimum Gasteiger partial charge on any atom is -0.493 e. The quantitative estimate of drug-likeness (QED) is 0.286. The standard InChI is InChI=1S/C32H41N3O6S/c1-7-19-33-32(37)28(8-2)34(21-25-12-10-9-11-24(25)4)31(36)22-35(26-15-13-23(3)14-16-26)42(38,39)27-17-18-29(40-5)30(20-27)41-6/h9-18,20,28H,7-8,19,21-22H2,1-6H3,(H,33,37). The minimum atomic E-state index is -4.25. The Morgan fingerprint density at radius 3 is 2.17 bits per heavy atom. The maximum absolute atomic E-state index is 14.2. The first-order valence-electron chi connectivity index (χ1n) is 14.0. The molecule has 3 aromatic rings. The Balaban J connectivity index is 2.10. The van der Waals surface area contributed by atoms with Crippen molar-refractivity contribution < 1.29 is 27.5 Å². The lowest BCUT2D eigenvalue weighted by Gasteiger charge is -2.33. The van der Waals surface area contributed by atoms with E-state index >= 15 is 0 Å². The first kappa shape index (κ1) is 32.5. The van der Waals surface area contributed by atoms with Crippen LogP contribution in [0.3, 0.4) is 0 Å². The third kappa shape index (κ3) is 7.61. The average molecular weight is 596 g/mol. The normalized spacial score (nSPS) is 11.9. The summed E-state index contributed by atoms with van der Waals surface area (Å²) >= 11 is 0. The molecule has 0 heterocycles. The molecular weight excluding hydrogens is 554 g/mol. The van der Waals surface area contributed by atoms with Crippen LogP contribution < -0.4 is 19.1 Å². The van der Waals surface area contributed by atoms with E-state index in [0.717, 1.165) is 27.4 Å². The second kappa shape index (κ2) is 14.7. The van der Waals surface area contributed by atoms with Gasteiger partial charge in [-0.15, -0.1) is 0 Å². The molecule has 3 rings (SSSR count). The van der Waals surface area contributed by atoms with Gasteiger partial charge in [0.2, 0.25) is 11.8 Å². The molecule has 0 aliphatic heterocycles. The number of ether oxygens (including phenoxy) is 2. The molecule has 0 spiro atoms. The fraction of sp³-hybridized carbons (Fsp3) is 0.375. The second-order valence-electron chi connectivity index (χ2n) is 10.0. The molecule has 0 aliphatic carbocycles. The van der Waals surface area contributed by atoms with Crippen molar-refractivity contribution in [2.45, 2.75) is 58.0 Å². The number of amides is 2. The largest absolute Gasteiger partial charge is 0.493 e. The number of anilines is 1. The molecule has 9 nitrogen and oxygen atoms in total. The Morgan fingerprint density at radius 1 is 0.905 bits per heavy atom. The van der Waals surface area contributed by atoms with Crippen molar-refractivity contribution in [1.29, 1.82) is 0 Å². The third-order valence-corrected chi connectivity index (χ3v) is 8.85. The summed E-state index contributed by atoms with van der Waals surface area (Å²) in [4.78, 5) is 28.8. The van der Waals surface area contributed by atoms with Crippen LogP contribution in [0.2, 0.25) is 0 Å². The maximum atomic E-state index is 14.2. The Hall–Kier alpha value is -4.05. The number of hydrogen-bond acceptors (Lipinski definition) is 6. The summed E-state index contributed by atoms with van der Waals surface area (Å²) in [6, 6.07) is 18.1. The maximum Gasteiger partial charge on any atom is 0.264 e. The Kier molecular flexibility index (Phi) is 11.4. The van der Waals surface area contributed by atoms with Crippen LogP contribution in [0.5, 0.6) is 11.5 Å². The van der Waals surface area contributed by atoms with Crippen molar-refractivity contribution in [3.63, 3.8) is 0 Å². The Labute approximate surface area is 249 Å². The van der Waals surface area contributed by atoms with Crippen LogP contribution in [0.1, 0.15) is 43.4 Å². The fourth-order valence-electron chi connectivity index (χ4n) is 4.60. The first-order chi connectivity index (χ1) is 20.1. The van der Waals surface area contributed by atoms with E-state index in [0.29, 0.717) is 24.4 Å². The molecule has 0 radical (unpaired) electrons. The number of sulfonamides is 1. The summed E-state index contributed by atoms with van der Waals surface area (Å²) < 4.78 is 40.0. The second-order valence-corrected chi connectivity index (χ2v) is 11.9. The van der Waals surface area contributed by atoms with Crippen LogP contribution in [0.25, 0.3) is 0 Å². The van der Waals surface area contributed by atoms with Crippen LogP contribution >= 0.6 is 0 Å². The lowest BCUT2D eigenvalue weighted by atomic mass is 10.1. The number of carbonyl (C=O) groups excluding carboxylic acids is 2. The van der Waals surface area contributed by atoms with Crippen LogP contribution in [0, 0.1) is 13.8 Å². The molecule has 0 bridgehead atoms. The van der Waals surface area contributed by atoms with Crippen molar-refractivity contribution in [2.24, 2.45) is 0 Å². The molecule has 3 aromatic carbocycles. The Bertz CT molecular complexity index is 1470. The van der Waals surface area contributed by atoms with Crippen LogP contribution in [0.4, 0.5) is 5.69 Å². The summed E-state index contributed by atoms with van der Waals surface area (Å²) in [6.07, 6.45) is 1.11. The number of benzene rings is 3. The topological polar surface area (TPSA) is 105 Å². The lowest BCUT2D eigenvalue weighted by Crippen LogP contribution is -2.52. The van der Waals surface area contributed by atoms with Crippen LogP contribution in [-0.2, 0) is 26.2 Å². The zero-order valence-corrected chi connectivity index (χ0v) is 26.0. The van der Waals surface area contributed by atoms with Gasteiger partial charge in [-0.2, -0.15) is 0 Å². The van der Waals surface area contributed by atoms with Crippen molar-refractivity contribution in [2.75, 3.05) is 31.6 Å². The predicted molar refractivity (Wildman–Crippen MR) is 164 cm³/mol. The van der Waals surface area contributed by atoms with Gasteiger partial charge >= 0.3 is 0 Å². The summed E-state index contributed by atoms with van der Waals surface area (Å²) in [5.41, 5.74) is 3.10. The van der Waals surface area contributed by atoms with Gasteiger partial charge < -0.3 is 19.7 Å². The van der Waals surface area contributed by atoms with E-state index in [-0.39, 0.29) is 23.1 Å². The molecule has 10 heteroatoms. The highest BCUT2D eigenvalue weighted by Crippen LogP contribution is 2.32. The molecule has 0 fully saturated rings.